The van der Waals surface area contributed by atoms with Gasteiger partial charge in [-0.25, -0.2) is 0 Å². The van der Waals surface area contributed by atoms with E-state index in [0.717, 1.165) is 44.3 Å². The number of nitrogens with zero attached hydrogens (tertiary/aromatic N) is 2. The van der Waals surface area contributed by atoms with Crippen molar-refractivity contribution in [3.63, 3.8) is 0 Å². The maximum absolute atomic E-state index is 13.8. The van der Waals surface area contributed by atoms with E-state index < -0.39 is 42.0 Å². The van der Waals surface area contributed by atoms with Gasteiger partial charge in [0.25, 0.3) is 0 Å². The van der Waals surface area contributed by atoms with Gasteiger partial charge in [0.05, 0.1) is 18.1 Å². The van der Waals surface area contributed by atoms with Crippen LogP contribution < -0.4 is 10.6 Å². The number of hydrogen-bond donors (Lipinski definition) is 4. The number of nitrogens with one attached hydrogen (secondary N) is 2. The van der Waals surface area contributed by atoms with Gasteiger partial charge in [0, 0.05) is 39.4 Å². The molecule has 9 nitrogen and oxygen atoms in total. The molecule has 1 aliphatic rings. The number of amides is 3. The molecule has 9 heteroatoms. The summed E-state index contributed by atoms with van der Waals surface area (Å²) < 4.78 is 0. The van der Waals surface area contributed by atoms with Crippen molar-refractivity contribution in [2.75, 3.05) is 33.7 Å². The van der Waals surface area contributed by atoms with Crippen molar-refractivity contribution in [2.45, 2.75) is 109 Å². The van der Waals surface area contributed by atoms with Gasteiger partial charge in [-0.05, 0) is 51.3 Å². The summed E-state index contributed by atoms with van der Waals surface area (Å²) in [7, 11) is 3.73. The van der Waals surface area contributed by atoms with Gasteiger partial charge in [0.15, 0.2) is 0 Å². The number of aliphatic hydroxyl groups excluding tert-OH is 2. The quantitative estimate of drug-likeness (QED) is 0.173. The molecule has 254 valence electrons. The van der Waals surface area contributed by atoms with Gasteiger partial charge >= 0.3 is 0 Å². The van der Waals surface area contributed by atoms with Gasteiger partial charge in [0.2, 0.25) is 17.7 Å². The lowest BCUT2D eigenvalue weighted by Gasteiger charge is -2.33. The molecule has 1 saturated carbocycles. The summed E-state index contributed by atoms with van der Waals surface area (Å²) in [6, 6.07) is 7.79. The predicted octanol–water partition coefficient (Wildman–Crippen LogP) is 3.13. The Morgan fingerprint density at radius 1 is 1.02 bits per heavy atom. The lowest BCUT2D eigenvalue weighted by molar-refractivity contribution is -0.137. The smallest absolute Gasteiger partial charge is 0.243 e. The van der Waals surface area contributed by atoms with Gasteiger partial charge in [0.1, 0.15) is 12.1 Å². The molecule has 0 aromatic heterocycles. The second kappa shape index (κ2) is 21.4. The number of aliphatic hydroxyl groups is 2. The van der Waals surface area contributed by atoms with E-state index in [0.29, 0.717) is 31.7 Å². The normalized spacial score (nSPS) is 16.6. The van der Waals surface area contributed by atoms with Crippen LogP contribution in [0.5, 0.6) is 0 Å². The number of hydrogen-bond acceptors (Lipinski definition) is 6. The molecular weight excluding hydrogens is 580 g/mol. The van der Waals surface area contributed by atoms with Gasteiger partial charge in [-0.15, -0.1) is 24.2 Å². The van der Waals surface area contributed by atoms with Crippen LogP contribution in [0, 0.1) is 36.0 Å². The fourth-order valence-corrected chi connectivity index (χ4v) is 5.85. The molecule has 0 spiro atoms. The lowest BCUT2D eigenvalue weighted by Crippen LogP contribution is -2.56. The molecule has 0 saturated heterocycles. The Balaban J connectivity index is 2.24. The molecule has 1 aromatic carbocycles. The minimum Gasteiger partial charge on any atom is -0.390 e. The molecule has 5 atom stereocenters. The van der Waals surface area contributed by atoms with E-state index in [4.69, 9.17) is 6.42 Å². The monoisotopic (exact) mass is 636 g/mol. The second-order valence-electron chi connectivity index (χ2n) is 12.6. The minimum atomic E-state index is -1.21. The van der Waals surface area contributed by atoms with Crippen molar-refractivity contribution in [1.29, 1.82) is 0 Å². The van der Waals surface area contributed by atoms with Crippen LogP contribution in [0.1, 0.15) is 83.6 Å². The van der Waals surface area contributed by atoms with Crippen molar-refractivity contribution in [2.24, 2.45) is 11.8 Å². The standard InChI is InChI=1S/C37H56N4O5/c1-6-9-21-31(37(46)39-32(26-29-19-15-12-16-20-29)35(44)33(42)22-10-7-2)38-36(45)30(25-28-17-13-11-14-18-28)27-34(43)41(5)24-23-40(4)8-3/h2,11,13-14,17-18,29-33,35,42,44H,8,10,12,15-16,19-27H2,1,3-5H3,(H,38,45)(H,39,46)/t30?,31-,32?,33?,35+/m0/s1. The zero-order valence-corrected chi connectivity index (χ0v) is 28.3. The summed E-state index contributed by atoms with van der Waals surface area (Å²) in [5.74, 6) is 6.77. The van der Waals surface area contributed by atoms with Crippen LogP contribution in [0.2, 0.25) is 0 Å². The number of carbonyl (C=O) groups is 3. The molecule has 0 aliphatic heterocycles. The minimum absolute atomic E-state index is 0.00868. The highest BCUT2D eigenvalue weighted by Gasteiger charge is 2.34. The molecule has 1 aliphatic carbocycles. The van der Waals surface area contributed by atoms with Gasteiger partial charge in [-0.1, -0.05) is 69.4 Å². The molecule has 1 aromatic rings. The van der Waals surface area contributed by atoms with Crippen molar-refractivity contribution in [1.82, 2.24) is 20.4 Å². The fourth-order valence-electron chi connectivity index (χ4n) is 5.85. The lowest BCUT2D eigenvalue weighted by atomic mass is 9.82. The van der Waals surface area contributed by atoms with Gasteiger partial charge in [-0.2, -0.15) is 0 Å². The third-order valence-electron chi connectivity index (χ3n) is 9.05. The van der Waals surface area contributed by atoms with E-state index in [1.54, 1.807) is 18.9 Å². The average Bonchev–Trinajstić information content (AvgIpc) is 3.07. The highest BCUT2D eigenvalue weighted by Crippen LogP contribution is 2.29. The van der Waals surface area contributed by atoms with Crippen molar-refractivity contribution >= 4 is 17.7 Å². The third kappa shape index (κ3) is 14.0. The zero-order chi connectivity index (χ0) is 33.9. The number of terminal acetylenes is 1. The fraction of sp³-hybridized carbons (Fsp3) is 0.649. The number of likely N-dealkylation sites (N-methyl/N-ethyl adjacent to an activating group) is 2. The van der Waals surface area contributed by atoms with Crippen LogP contribution >= 0.6 is 0 Å². The van der Waals surface area contributed by atoms with E-state index >= 15 is 0 Å². The molecule has 2 rings (SSSR count). The Hall–Kier alpha value is -3.37. The van der Waals surface area contributed by atoms with Crippen LogP contribution in [-0.4, -0.2) is 95.8 Å². The molecular formula is C37H56N4O5. The van der Waals surface area contributed by atoms with E-state index in [1.165, 1.54) is 6.42 Å². The first-order chi connectivity index (χ1) is 22.1. The molecule has 0 bridgehead atoms. The maximum Gasteiger partial charge on any atom is 0.243 e. The molecule has 0 radical (unpaired) electrons. The van der Waals surface area contributed by atoms with Crippen LogP contribution in [0.4, 0.5) is 0 Å². The topological polar surface area (TPSA) is 122 Å². The summed E-state index contributed by atoms with van der Waals surface area (Å²) >= 11 is 0. The SMILES string of the molecule is C#CCCC(O)[C@H](O)C(CC1CCCCC1)NC(=O)[C@H](CC#CC)NC(=O)C(CC(=O)N(C)CCN(C)CC)Cc1ccccc1. The second-order valence-corrected chi connectivity index (χ2v) is 12.6. The summed E-state index contributed by atoms with van der Waals surface area (Å²) in [6.45, 7) is 5.85. The number of rotatable bonds is 19. The molecule has 46 heavy (non-hydrogen) atoms. The Labute approximate surface area is 276 Å². The van der Waals surface area contributed by atoms with Crippen molar-refractivity contribution in [3.05, 3.63) is 35.9 Å². The molecule has 1 fully saturated rings. The van der Waals surface area contributed by atoms with E-state index in [2.05, 4.69) is 40.2 Å². The van der Waals surface area contributed by atoms with Crippen molar-refractivity contribution in [3.8, 4) is 24.2 Å². The number of benzene rings is 1. The van der Waals surface area contributed by atoms with E-state index in [9.17, 15) is 24.6 Å². The molecule has 3 amide bonds. The first kappa shape index (κ1) is 38.8. The van der Waals surface area contributed by atoms with E-state index in [-0.39, 0.29) is 25.2 Å². The van der Waals surface area contributed by atoms with Crippen LogP contribution in [0.25, 0.3) is 0 Å². The first-order valence-corrected chi connectivity index (χ1v) is 16.9. The molecule has 4 N–H and O–H groups in total. The van der Waals surface area contributed by atoms with Crippen LogP contribution in [0.3, 0.4) is 0 Å². The molecule has 0 heterocycles. The Morgan fingerprint density at radius 3 is 2.35 bits per heavy atom. The summed E-state index contributed by atoms with van der Waals surface area (Å²) in [4.78, 5) is 44.6. The average molecular weight is 637 g/mol. The number of carbonyl (C=O) groups excluding carboxylic acids is 3. The first-order valence-electron chi connectivity index (χ1n) is 16.9. The van der Waals surface area contributed by atoms with E-state index in [1.807, 2.05) is 37.4 Å². The van der Waals surface area contributed by atoms with Crippen LogP contribution in [-0.2, 0) is 20.8 Å². The Bertz CT molecular complexity index is 1170. The van der Waals surface area contributed by atoms with Gasteiger partial charge in [-0.3, -0.25) is 14.4 Å². The Morgan fingerprint density at radius 2 is 1.72 bits per heavy atom. The van der Waals surface area contributed by atoms with Crippen molar-refractivity contribution < 1.29 is 24.6 Å². The van der Waals surface area contributed by atoms with Crippen LogP contribution in [0.15, 0.2) is 30.3 Å². The summed E-state index contributed by atoms with van der Waals surface area (Å²) in [6.07, 6.45) is 9.86. The summed E-state index contributed by atoms with van der Waals surface area (Å²) in [5, 5.41) is 27.6. The highest BCUT2D eigenvalue weighted by molar-refractivity contribution is 5.91. The Kier molecular flexibility index (Phi) is 18.1. The summed E-state index contributed by atoms with van der Waals surface area (Å²) in [5.41, 5.74) is 0.912. The maximum atomic E-state index is 13.8. The molecule has 3 unspecified atom stereocenters. The zero-order valence-electron chi connectivity index (χ0n) is 28.3. The van der Waals surface area contributed by atoms with Gasteiger partial charge < -0.3 is 30.6 Å². The predicted molar refractivity (Wildman–Crippen MR) is 182 cm³/mol. The largest absolute Gasteiger partial charge is 0.390 e. The highest BCUT2D eigenvalue weighted by atomic mass is 16.3. The third-order valence-corrected chi connectivity index (χ3v) is 9.05.